The standard InChI is InChI=1S/C21H26ClNO2/c1-15(16-9-11-18(22)12-10-16)25-14-19(24)13-23-21-8-4-6-17-5-2-3-7-20(17)21/h2-3,5,7,9-12,15,19,21,23-24H,4,6,8,13-14H2,1H3/p+1/t15-,19+,21-/m1/s1. The molecule has 2 aromatic carbocycles. The van der Waals surface area contributed by atoms with Gasteiger partial charge < -0.3 is 15.2 Å². The lowest BCUT2D eigenvalue weighted by molar-refractivity contribution is -0.703. The molecule has 0 spiro atoms. The molecule has 1 aliphatic rings. The van der Waals surface area contributed by atoms with E-state index in [-0.39, 0.29) is 6.10 Å². The van der Waals surface area contributed by atoms with E-state index in [1.807, 2.05) is 31.2 Å². The van der Waals surface area contributed by atoms with E-state index in [0.29, 0.717) is 19.2 Å². The van der Waals surface area contributed by atoms with Crippen molar-refractivity contribution in [2.24, 2.45) is 0 Å². The Morgan fingerprint density at radius 3 is 2.76 bits per heavy atom. The van der Waals surface area contributed by atoms with Crippen LogP contribution in [0.1, 0.15) is 48.6 Å². The van der Waals surface area contributed by atoms with E-state index in [9.17, 15) is 5.11 Å². The summed E-state index contributed by atoms with van der Waals surface area (Å²) < 4.78 is 5.83. The van der Waals surface area contributed by atoms with Crippen molar-refractivity contribution in [1.82, 2.24) is 0 Å². The second kappa shape index (κ2) is 8.81. The molecule has 0 amide bonds. The van der Waals surface area contributed by atoms with E-state index in [2.05, 4.69) is 29.6 Å². The van der Waals surface area contributed by atoms with Gasteiger partial charge >= 0.3 is 0 Å². The minimum Gasteiger partial charge on any atom is -0.385 e. The van der Waals surface area contributed by atoms with Crippen LogP contribution in [-0.2, 0) is 11.2 Å². The molecule has 0 unspecified atom stereocenters. The van der Waals surface area contributed by atoms with Gasteiger partial charge in [-0.2, -0.15) is 0 Å². The summed E-state index contributed by atoms with van der Waals surface area (Å²) in [4.78, 5) is 0. The Morgan fingerprint density at radius 1 is 1.20 bits per heavy atom. The van der Waals surface area contributed by atoms with Gasteiger partial charge in [0.05, 0.1) is 12.7 Å². The summed E-state index contributed by atoms with van der Waals surface area (Å²) >= 11 is 5.91. The number of halogens is 1. The van der Waals surface area contributed by atoms with Gasteiger partial charge in [0, 0.05) is 17.0 Å². The van der Waals surface area contributed by atoms with E-state index >= 15 is 0 Å². The van der Waals surface area contributed by atoms with Crippen LogP contribution in [0.5, 0.6) is 0 Å². The molecular weight excluding hydrogens is 334 g/mol. The smallest absolute Gasteiger partial charge is 0.126 e. The van der Waals surface area contributed by atoms with E-state index in [1.165, 1.54) is 30.4 Å². The maximum absolute atomic E-state index is 10.3. The number of fused-ring (bicyclic) bond motifs is 1. The number of rotatable bonds is 7. The minimum absolute atomic E-state index is 0.0534. The molecule has 2 aromatic rings. The Kier molecular flexibility index (Phi) is 6.49. The van der Waals surface area contributed by atoms with Crippen LogP contribution >= 0.6 is 11.6 Å². The molecule has 0 saturated heterocycles. The van der Waals surface area contributed by atoms with Crippen molar-refractivity contribution in [3.63, 3.8) is 0 Å². The van der Waals surface area contributed by atoms with Gasteiger partial charge in [0.25, 0.3) is 0 Å². The second-order valence-electron chi connectivity index (χ2n) is 6.85. The van der Waals surface area contributed by atoms with Gasteiger partial charge in [-0.15, -0.1) is 0 Å². The van der Waals surface area contributed by atoms with Crippen LogP contribution in [0.3, 0.4) is 0 Å². The van der Waals surface area contributed by atoms with Gasteiger partial charge in [0.15, 0.2) is 0 Å². The highest BCUT2D eigenvalue weighted by atomic mass is 35.5. The molecule has 0 heterocycles. The molecule has 0 saturated carbocycles. The highest BCUT2D eigenvalue weighted by Crippen LogP contribution is 2.26. The lowest BCUT2D eigenvalue weighted by Crippen LogP contribution is -2.87. The summed E-state index contributed by atoms with van der Waals surface area (Å²) in [6.07, 6.45) is 3.04. The molecule has 3 atom stereocenters. The molecule has 0 bridgehead atoms. The van der Waals surface area contributed by atoms with Gasteiger partial charge in [-0.3, -0.25) is 0 Å². The monoisotopic (exact) mass is 360 g/mol. The number of nitrogens with two attached hydrogens (primary N) is 1. The SMILES string of the molecule is C[C@@H](OC[C@@H](O)C[NH2+][C@@H]1CCCc2ccccc21)c1ccc(Cl)cc1. The number of aliphatic hydroxyl groups excluding tert-OH is 1. The van der Waals surface area contributed by atoms with Gasteiger partial charge in [-0.25, -0.2) is 0 Å². The molecule has 3 nitrogen and oxygen atoms in total. The Hall–Kier alpha value is -1.39. The van der Waals surface area contributed by atoms with E-state index in [4.69, 9.17) is 16.3 Å². The van der Waals surface area contributed by atoms with Crippen molar-refractivity contribution >= 4 is 11.6 Å². The molecule has 1 aliphatic carbocycles. The number of ether oxygens (including phenoxy) is 1. The van der Waals surface area contributed by atoms with Gasteiger partial charge in [0.1, 0.15) is 18.7 Å². The summed E-state index contributed by atoms with van der Waals surface area (Å²) in [6.45, 7) is 3.00. The fraction of sp³-hybridized carbons (Fsp3) is 0.429. The molecule has 3 N–H and O–H groups in total. The average molecular weight is 361 g/mol. The first-order valence-corrected chi connectivity index (χ1v) is 9.47. The van der Waals surface area contributed by atoms with Crippen molar-refractivity contribution in [1.29, 1.82) is 0 Å². The molecule has 4 heteroatoms. The van der Waals surface area contributed by atoms with Crippen LogP contribution in [0.2, 0.25) is 5.02 Å². The Bertz CT molecular complexity index is 674. The largest absolute Gasteiger partial charge is 0.385 e. The molecule has 0 aromatic heterocycles. The fourth-order valence-electron chi connectivity index (χ4n) is 3.51. The Balaban J connectivity index is 1.46. The van der Waals surface area contributed by atoms with Gasteiger partial charge in [-0.05, 0) is 43.0 Å². The molecule has 3 rings (SSSR count). The van der Waals surface area contributed by atoms with Crippen LogP contribution in [0.25, 0.3) is 0 Å². The molecule has 0 aliphatic heterocycles. The first-order chi connectivity index (χ1) is 12.1. The molecule has 25 heavy (non-hydrogen) atoms. The fourth-order valence-corrected chi connectivity index (χ4v) is 3.64. The number of aryl methyl sites for hydroxylation is 1. The summed E-state index contributed by atoms with van der Waals surface area (Å²) in [5.41, 5.74) is 3.95. The maximum atomic E-state index is 10.3. The quantitative estimate of drug-likeness (QED) is 0.794. The average Bonchev–Trinajstić information content (AvgIpc) is 2.65. The molecule has 0 radical (unpaired) electrons. The van der Waals surface area contributed by atoms with Crippen LogP contribution in [-0.4, -0.2) is 24.4 Å². The van der Waals surface area contributed by atoms with Crippen molar-refractivity contribution < 1.29 is 15.2 Å². The second-order valence-corrected chi connectivity index (χ2v) is 7.29. The maximum Gasteiger partial charge on any atom is 0.126 e. The highest BCUT2D eigenvalue weighted by Gasteiger charge is 2.23. The van der Waals surface area contributed by atoms with E-state index in [1.54, 1.807) is 0 Å². The van der Waals surface area contributed by atoms with Gasteiger partial charge in [-0.1, -0.05) is 48.0 Å². The van der Waals surface area contributed by atoms with E-state index in [0.717, 1.165) is 10.6 Å². The van der Waals surface area contributed by atoms with Crippen LogP contribution < -0.4 is 5.32 Å². The van der Waals surface area contributed by atoms with Crippen LogP contribution in [0.15, 0.2) is 48.5 Å². The van der Waals surface area contributed by atoms with Crippen molar-refractivity contribution in [3.05, 3.63) is 70.2 Å². The minimum atomic E-state index is -0.469. The third-order valence-electron chi connectivity index (χ3n) is 4.99. The zero-order valence-electron chi connectivity index (χ0n) is 14.7. The zero-order chi connectivity index (χ0) is 17.6. The van der Waals surface area contributed by atoms with Gasteiger partial charge in [0.2, 0.25) is 0 Å². The first kappa shape index (κ1) is 18.4. The zero-order valence-corrected chi connectivity index (χ0v) is 15.5. The third kappa shape index (κ3) is 5.05. The normalized spacial score (nSPS) is 19.2. The van der Waals surface area contributed by atoms with Crippen molar-refractivity contribution in [2.45, 2.75) is 44.4 Å². The van der Waals surface area contributed by atoms with Crippen LogP contribution in [0, 0.1) is 0 Å². The summed E-state index contributed by atoms with van der Waals surface area (Å²) in [5, 5.41) is 13.3. The number of hydrogen-bond donors (Lipinski definition) is 2. The third-order valence-corrected chi connectivity index (χ3v) is 5.24. The summed E-state index contributed by atoms with van der Waals surface area (Å²) in [5.74, 6) is 0. The predicted molar refractivity (Wildman–Crippen MR) is 101 cm³/mol. The van der Waals surface area contributed by atoms with Crippen LogP contribution in [0.4, 0.5) is 0 Å². The Morgan fingerprint density at radius 2 is 1.96 bits per heavy atom. The molecule has 134 valence electrons. The molecule has 0 fully saturated rings. The Labute approximate surface area is 155 Å². The first-order valence-electron chi connectivity index (χ1n) is 9.09. The van der Waals surface area contributed by atoms with Crippen molar-refractivity contribution in [2.75, 3.05) is 13.2 Å². The number of hydrogen-bond acceptors (Lipinski definition) is 2. The molecular formula is C21H27ClNO2+. The number of quaternary nitrogens is 1. The van der Waals surface area contributed by atoms with Crippen molar-refractivity contribution in [3.8, 4) is 0 Å². The summed E-state index contributed by atoms with van der Waals surface area (Å²) in [6, 6.07) is 16.8. The lowest BCUT2D eigenvalue weighted by Gasteiger charge is -2.25. The van der Waals surface area contributed by atoms with E-state index < -0.39 is 6.10 Å². The number of aliphatic hydroxyl groups is 1. The number of benzene rings is 2. The lowest BCUT2D eigenvalue weighted by atomic mass is 9.88. The summed E-state index contributed by atoms with van der Waals surface area (Å²) in [7, 11) is 0. The highest BCUT2D eigenvalue weighted by molar-refractivity contribution is 6.30. The predicted octanol–water partition coefficient (Wildman–Crippen LogP) is 3.42. The topological polar surface area (TPSA) is 46.1 Å².